The van der Waals surface area contributed by atoms with Crippen LogP contribution >= 0.6 is 0 Å². The molecule has 0 aliphatic carbocycles. The zero-order valence-corrected chi connectivity index (χ0v) is 13.7. The molecule has 0 amide bonds. The second-order valence-corrected chi connectivity index (χ2v) is 5.52. The number of hydrogen-bond donors (Lipinski definition) is 1. The summed E-state index contributed by atoms with van der Waals surface area (Å²) in [5.41, 5.74) is 7.35. The minimum atomic E-state index is 0.759. The summed E-state index contributed by atoms with van der Waals surface area (Å²) in [5, 5.41) is 4.32. The van der Waals surface area contributed by atoms with Gasteiger partial charge in [-0.2, -0.15) is 5.10 Å². The van der Waals surface area contributed by atoms with Crippen molar-refractivity contribution in [3.8, 4) is 0 Å². The molecule has 23 heavy (non-hydrogen) atoms. The lowest BCUT2D eigenvalue weighted by molar-refractivity contribution is 0.791. The summed E-state index contributed by atoms with van der Waals surface area (Å²) >= 11 is 0. The molecule has 118 valence electrons. The first-order chi connectivity index (χ1) is 11.2. The Morgan fingerprint density at radius 3 is 2.57 bits per heavy atom. The molecule has 0 unspecified atom stereocenters. The summed E-state index contributed by atoms with van der Waals surface area (Å²) in [6.45, 7) is 2.94. The van der Waals surface area contributed by atoms with E-state index in [9.17, 15) is 0 Å². The number of anilines is 2. The van der Waals surface area contributed by atoms with E-state index >= 15 is 0 Å². The van der Waals surface area contributed by atoms with E-state index < -0.39 is 0 Å². The maximum atomic E-state index is 4.58. The molecule has 2 aromatic carbocycles. The highest BCUT2D eigenvalue weighted by Gasteiger charge is 2.07. The van der Waals surface area contributed by atoms with Gasteiger partial charge in [0.1, 0.15) is 0 Å². The van der Waals surface area contributed by atoms with Crippen LogP contribution in [0.15, 0.2) is 53.6 Å². The first-order valence-electron chi connectivity index (χ1n) is 7.70. The van der Waals surface area contributed by atoms with Gasteiger partial charge in [-0.3, -0.25) is 0 Å². The summed E-state index contributed by atoms with van der Waals surface area (Å²) in [6.07, 6.45) is 1.80. The number of benzene rings is 2. The number of fused-ring (bicyclic) bond motifs is 1. The fourth-order valence-electron chi connectivity index (χ4n) is 2.50. The number of hydrazone groups is 1. The quantitative estimate of drug-likeness (QED) is 0.579. The van der Waals surface area contributed by atoms with Crippen LogP contribution in [0.5, 0.6) is 0 Å². The maximum absolute atomic E-state index is 4.58. The van der Waals surface area contributed by atoms with E-state index in [0.29, 0.717) is 0 Å². The van der Waals surface area contributed by atoms with Crippen LogP contribution in [0, 0.1) is 0 Å². The van der Waals surface area contributed by atoms with Crippen molar-refractivity contribution in [2.24, 2.45) is 5.10 Å². The van der Waals surface area contributed by atoms with Gasteiger partial charge >= 0.3 is 0 Å². The molecule has 0 saturated heterocycles. The van der Waals surface area contributed by atoms with Gasteiger partial charge < -0.3 is 9.47 Å². The predicted molar refractivity (Wildman–Crippen MR) is 97.4 cm³/mol. The van der Waals surface area contributed by atoms with E-state index in [0.717, 1.165) is 29.1 Å². The van der Waals surface area contributed by atoms with Crippen molar-refractivity contribution in [2.75, 3.05) is 24.4 Å². The lowest BCUT2D eigenvalue weighted by Gasteiger charge is -2.11. The molecule has 0 radical (unpaired) electrons. The number of para-hydroxylation sites is 2. The van der Waals surface area contributed by atoms with Crippen molar-refractivity contribution in [3.63, 3.8) is 0 Å². The third-order valence-corrected chi connectivity index (χ3v) is 3.76. The summed E-state index contributed by atoms with van der Waals surface area (Å²) < 4.78 is 2.11. The molecule has 0 aliphatic rings. The normalized spacial score (nSPS) is 11.3. The zero-order chi connectivity index (χ0) is 16.2. The largest absolute Gasteiger partial charge is 0.378 e. The van der Waals surface area contributed by atoms with E-state index in [1.807, 2.05) is 44.4 Å². The molecule has 5 nitrogen and oxygen atoms in total. The topological polar surface area (TPSA) is 45.5 Å². The number of hydrogen-bond acceptors (Lipinski definition) is 4. The Kier molecular flexibility index (Phi) is 4.28. The minimum Gasteiger partial charge on any atom is -0.378 e. The van der Waals surface area contributed by atoms with Gasteiger partial charge in [0.25, 0.3) is 0 Å². The van der Waals surface area contributed by atoms with Gasteiger partial charge in [-0.1, -0.05) is 24.3 Å². The van der Waals surface area contributed by atoms with Crippen LogP contribution in [-0.2, 0) is 6.54 Å². The summed E-state index contributed by atoms with van der Waals surface area (Å²) in [4.78, 5) is 6.66. The summed E-state index contributed by atoms with van der Waals surface area (Å²) in [6, 6.07) is 16.3. The van der Waals surface area contributed by atoms with Crippen molar-refractivity contribution in [1.29, 1.82) is 0 Å². The molecule has 3 aromatic rings. The van der Waals surface area contributed by atoms with Crippen LogP contribution in [0.4, 0.5) is 11.6 Å². The Morgan fingerprint density at radius 2 is 1.87 bits per heavy atom. The third kappa shape index (κ3) is 3.18. The average molecular weight is 307 g/mol. The molecule has 1 heterocycles. The van der Waals surface area contributed by atoms with E-state index in [2.05, 4.69) is 50.1 Å². The number of aryl methyl sites for hydroxylation is 1. The number of aromatic nitrogens is 2. The predicted octanol–water partition coefficient (Wildman–Crippen LogP) is 3.57. The fourth-order valence-corrected chi connectivity index (χ4v) is 2.50. The zero-order valence-electron chi connectivity index (χ0n) is 13.7. The molecule has 0 spiro atoms. The van der Waals surface area contributed by atoms with Crippen LogP contribution in [0.1, 0.15) is 12.5 Å². The Labute approximate surface area is 136 Å². The lowest BCUT2D eigenvalue weighted by atomic mass is 10.2. The minimum absolute atomic E-state index is 0.759. The van der Waals surface area contributed by atoms with Gasteiger partial charge in [0.15, 0.2) is 0 Å². The third-order valence-electron chi connectivity index (χ3n) is 3.76. The van der Waals surface area contributed by atoms with Gasteiger partial charge in [0.05, 0.1) is 17.2 Å². The number of nitrogens with zero attached hydrogens (tertiary/aromatic N) is 4. The van der Waals surface area contributed by atoms with E-state index in [4.69, 9.17) is 0 Å². The molecule has 1 N–H and O–H groups in total. The van der Waals surface area contributed by atoms with Crippen molar-refractivity contribution < 1.29 is 0 Å². The molecule has 3 rings (SSSR count). The first kappa shape index (κ1) is 15.1. The van der Waals surface area contributed by atoms with Gasteiger partial charge in [-0.15, -0.1) is 0 Å². The molecule has 0 aliphatic heterocycles. The Balaban J connectivity index is 1.77. The molecule has 1 aromatic heterocycles. The maximum Gasteiger partial charge on any atom is 0.224 e. The molecule has 0 bridgehead atoms. The second-order valence-electron chi connectivity index (χ2n) is 5.52. The first-order valence-corrected chi connectivity index (χ1v) is 7.70. The van der Waals surface area contributed by atoms with Crippen LogP contribution < -0.4 is 10.3 Å². The average Bonchev–Trinajstić information content (AvgIpc) is 2.92. The second kappa shape index (κ2) is 6.52. The molecular formula is C18H21N5. The highest BCUT2D eigenvalue weighted by Crippen LogP contribution is 2.19. The Hall–Kier alpha value is -2.82. The van der Waals surface area contributed by atoms with Crippen molar-refractivity contribution in [3.05, 3.63) is 54.1 Å². The molecule has 0 saturated carbocycles. The standard InChI is InChI=1S/C18H21N5/c1-4-23-17-8-6-5-7-16(17)20-18(23)21-19-13-14-9-11-15(12-10-14)22(2)3/h5-13H,4H2,1-3H3,(H,20,21). The molecule has 0 atom stereocenters. The van der Waals surface area contributed by atoms with Gasteiger partial charge in [0.2, 0.25) is 5.95 Å². The summed E-state index contributed by atoms with van der Waals surface area (Å²) in [7, 11) is 4.06. The molecular weight excluding hydrogens is 286 g/mol. The van der Waals surface area contributed by atoms with Crippen LogP contribution in [0.3, 0.4) is 0 Å². The lowest BCUT2D eigenvalue weighted by Crippen LogP contribution is -2.08. The molecule has 0 fully saturated rings. The van der Waals surface area contributed by atoms with E-state index in [1.54, 1.807) is 6.21 Å². The monoisotopic (exact) mass is 307 g/mol. The van der Waals surface area contributed by atoms with Crippen molar-refractivity contribution in [2.45, 2.75) is 13.5 Å². The van der Waals surface area contributed by atoms with Gasteiger partial charge in [-0.05, 0) is 36.8 Å². The fraction of sp³-hybridized carbons (Fsp3) is 0.222. The highest BCUT2D eigenvalue weighted by atomic mass is 15.4. The molecule has 5 heteroatoms. The van der Waals surface area contributed by atoms with Gasteiger partial charge in [0, 0.05) is 26.3 Å². The van der Waals surface area contributed by atoms with Crippen LogP contribution in [0.25, 0.3) is 11.0 Å². The number of rotatable bonds is 5. The van der Waals surface area contributed by atoms with Crippen molar-refractivity contribution in [1.82, 2.24) is 9.55 Å². The van der Waals surface area contributed by atoms with Crippen molar-refractivity contribution >= 4 is 28.9 Å². The SMILES string of the molecule is CCn1c(NN=Cc2ccc(N(C)C)cc2)nc2ccccc21. The Bertz CT molecular complexity index is 815. The smallest absolute Gasteiger partial charge is 0.224 e. The van der Waals surface area contributed by atoms with Gasteiger partial charge in [-0.25, -0.2) is 10.4 Å². The number of imidazole rings is 1. The highest BCUT2D eigenvalue weighted by molar-refractivity contribution is 5.82. The van der Waals surface area contributed by atoms with Crippen LogP contribution in [-0.4, -0.2) is 29.9 Å². The van der Waals surface area contributed by atoms with Crippen LogP contribution in [0.2, 0.25) is 0 Å². The van der Waals surface area contributed by atoms with E-state index in [1.165, 1.54) is 5.69 Å². The van der Waals surface area contributed by atoms with E-state index in [-0.39, 0.29) is 0 Å². The summed E-state index contributed by atoms with van der Waals surface area (Å²) in [5.74, 6) is 0.759. The number of nitrogens with one attached hydrogen (secondary N) is 1. The Morgan fingerprint density at radius 1 is 1.13 bits per heavy atom.